The Hall–Kier alpha value is -2.62. The van der Waals surface area contributed by atoms with Crippen LogP contribution in [0.3, 0.4) is 0 Å². The summed E-state index contributed by atoms with van der Waals surface area (Å²) in [7, 11) is -3.00. The van der Waals surface area contributed by atoms with Crippen LogP contribution in [0.15, 0.2) is 91.0 Å². The van der Waals surface area contributed by atoms with Crippen molar-refractivity contribution in [3.8, 4) is 6.07 Å². The molecule has 0 heterocycles. The first-order valence-electron chi connectivity index (χ1n) is 7.89. The number of nitriles is 1. The van der Waals surface area contributed by atoms with Crippen LogP contribution in [0.4, 0.5) is 0 Å². The van der Waals surface area contributed by atoms with E-state index in [1.165, 1.54) is 0 Å². The smallest absolute Gasteiger partial charge is 0.151 e. The third-order valence-electron chi connectivity index (χ3n) is 4.19. The Kier molecular flexibility index (Phi) is 4.94. The van der Waals surface area contributed by atoms with Crippen LogP contribution >= 0.6 is 7.14 Å². The maximum Gasteiger partial charge on any atom is 0.151 e. The second kappa shape index (κ2) is 7.30. The molecule has 0 saturated heterocycles. The van der Waals surface area contributed by atoms with E-state index < -0.39 is 7.14 Å². The van der Waals surface area contributed by atoms with Crippen molar-refractivity contribution in [3.63, 3.8) is 0 Å². The van der Waals surface area contributed by atoms with Gasteiger partial charge in [-0.3, -0.25) is 0 Å². The Balaban J connectivity index is 2.24. The van der Waals surface area contributed by atoms with Crippen molar-refractivity contribution >= 4 is 17.8 Å². The van der Waals surface area contributed by atoms with Gasteiger partial charge in [0.1, 0.15) is 0 Å². The van der Waals surface area contributed by atoms with Gasteiger partial charge >= 0.3 is 0 Å². The Bertz CT molecular complexity index is 826. The zero-order chi connectivity index (χ0) is 16.8. The van der Waals surface area contributed by atoms with E-state index >= 15 is 0 Å². The van der Waals surface area contributed by atoms with E-state index in [9.17, 15) is 9.83 Å². The van der Waals surface area contributed by atoms with Gasteiger partial charge in [0.15, 0.2) is 7.14 Å². The van der Waals surface area contributed by atoms with Crippen molar-refractivity contribution in [2.45, 2.75) is 12.1 Å². The van der Waals surface area contributed by atoms with Gasteiger partial charge in [-0.05, 0) is 5.56 Å². The normalized spacial score (nSPS) is 12.3. The van der Waals surface area contributed by atoms with Crippen molar-refractivity contribution in [1.29, 1.82) is 5.26 Å². The zero-order valence-electron chi connectivity index (χ0n) is 13.2. The predicted molar refractivity (Wildman–Crippen MR) is 99.2 cm³/mol. The molecule has 3 rings (SSSR count). The van der Waals surface area contributed by atoms with Crippen molar-refractivity contribution < 1.29 is 4.57 Å². The van der Waals surface area contributed by atoms with Crippen LogP contribution in [0.1, 0.15) is 17.6 Å². The molecule has 0 N–H and O–H groups in total. The minimum absolute atomic E-state index is 0.213. The molecule has 3 aromatic carbocycles. The van der Waals surface area contributed by atoms with Gasteiger partial charge in [-0.25, -0.2) is 0 Å². The lowest BCUT2D eigenvalue weighted by Gasteiger charge is -2.27. The predicted octanol–water partition coefficient (Wildman–Crippen LogP) is 4.66. The summed E-state index contributed by atoms with van der Waals surface area (Å²) in [4.78, 5) is 0. The molecule has 3 aromatic rings. The maximum atomic E-state index is 14.4. The first-order chi connectivity index (χ1) is 11.8. The number of hydrogen-bond donors (Lipinski definition) is 0. The molecule has 3 heteroatoms. The summed E-state index contributed by atoms with van der Waals surface area (Å²) in [5.74, 6) is 0. The molecule has 0 amide bonds. The fraction of sp³-hybridized carbons (Fsp3) is 0.0952. The molecule has 0 aliphatic carbocycles. The fourth-order valence-corrected chi connectivity index (χ4v) is 6.20. The standard InChI is InChI=1S/C21H18NOP/c22-17-16-21(18-10-4-1-5-11-18)24(23,19-12-6-2-7-13-19)20-14-8-3-9-15-20/h1-15,21H,16H2. The van der Waals surface area contributed by atoms with E-state index in [0.29, 0.717) is 0 Å². The Morgan fingerprint density at radius 1 is 0.750 bits per heavy atom. The molecule has 1 unspecified atom stereocenters. The summed E-state index contributed by atoms with van der Waals surface area (Å²) in [6.45, 7) is 0. The third-order valence-corrected chi connectivity index (χ3v) is 7.68. The molecule has 0 saturated carbocycles. The molecule has 0 radical (unpaired) electrons. The highest BCUT2D eigenvalue weighted by molar-refractivity contribution is 7.79. The summed E-state index contributed by atoms with van der Waals surface area (Å²) in [5, 5.41) is 11.0. The quantitative estimate of drug-likeness (QED) is 0.638. The van der Waals surface area contributed by atoms with Crippen LogP contribution in [-0.4, -0.2) is 0 Å². The SMILES string of the molecule is N#CCC(c1ccccc1)P(=O)(c1ccccc1)c1ccccc1. The lowest BCUT2D eigenvalue weighted by molar-refractivity contribution is 0.578. The van der Waals surface area contributed by atoms with E-state index in [-0.39, 0.29) is 12.1 Å². The van der Waals surface area contributed by atoms with Crippen molar-refractivity contribution in [1.82, 2.24) is 0 Å². The van der Waals surface area contributed by atoms with Gasteiger partial charge in [-0.1, -0.05) is 91.0 Å². The minimum Gasteiger partial charge on any atom is -0.313 e. The molecule has 0 aliphatic heterocycles. The molecule has 24 heavy (non-hydrogen) atoms. The average Bonchev–Trinajstić information content (AvgIpc) is 2.67. The second-order valence-electron chi connectivity index (χ2n) is 5.62. The van der Waals surface area contributed by atoms with E-state index in [1.54, 1.807) is 0 Å². The molecule has 0 bridgehead atoms. The number of nitrogens with zero attached hydrogens (tertiary/aromatic N) is 1. The first-order valence-corrected chi connectivity index (χ1v) is 9.67. The number of rotatable bonds is 5. The third kappa shape index (κ3) is 3.04. The van der Waals surface area contributed by atoms with Gasteiger partial charge in [0.05, 0.1) is 11.7 Å². The number of hydrogen-bond acceptors (Lipinski definition) is 2. The largest absolute Gasteiger partial charge is 0.313 e. The van der Waals surface area contributed by atoms with Gasteiger partial charge in [-0.2, -0.15) is 5.26 Å². The molecule has 2 nitrogen and oxygen atoms in total. The molecule has 0 spiro atoms. The van der Waals surface area contributed by atoms with Gasteiger partial charge in [-0.15, -0.1) is 0 Å². The second-order valence-corrected chi connectivity index (χ2v) is 8.59. The van der Waals surface area contributed by atoms with E-state index in [1.807, 2.05) is 91.0 Å². The van der Waals surface area contributed by atoms with Crippen LogP contribution in [0.5, 0.6) is 0 Å². The topological polar surface area (TPSA) is 40.9 Å². The van der Waals surface area contributed by atoms with Crippen LogP contribution in [0, 0.1) is 11.3 Å². The molecular weight excluding hydrogens is 313 g/mol. The lowest BCUT2D eigenvalue weighted by Crippen LogP contribution is -2.21. The highest BCUT2D eigenvalue weighted by Gasteiger charge is 2.37. The van der Waals surface area contributed by atoms with Crippen LogP contribution in [-0.2, 0) is 4.57 Å². The first kappa shape index (κ1) is 16.2. The summed E-state index contributed by atoms with van der Waals surface area (Å²) in [6.07, 6.45) is 0.213. The zero-order valence-corrected chi connectivity index (χ0v) is 14.1. The molecule has 0 aliphatic rings. The Labute approximate surface area is 142 Å². The van der Waals surface area contributed by atoms with Crippen LogP contribution < -0.4 is 10.6 Å². The molecule has 0 aromatic heterocycles. The molecular formula is C21H18NOP. The Morgan fingerprint density at radius 2 is 1.17 bits per heavy atom. The van der Waals surface area contributed by atoms with E-state index in [2.05, 4.69) is 6.07 Å². The minimum atomic E-state index is -3.00. The average molecular weight is 331 g/mol. The van der Waals surface area contributed by atoms with Gasteiger partial charge in [0, 0.05) is 17.0 Å². The summed E-state index contributed by atoms with van der Waals surface area (Å²) in [5.41, 5.74) is 0.587. The highest BCUT2D eigenvalue weighted by atomic mass is 31.2. The highest BCUT2D eigenvalue weighted by Crippen LogP contribution is 2.58. The van der Waals surface area contributed by atoms with Gasteiger partial charge < -0.3 is 4.57 Å². The summed E-state index contributed by atoms with van der Waals surface area (Å²) >= 11 is 0. The fourth-order valence-electron chi connectivity index (χ4n) is 3.03. The molecule has 1 atom stereocenters. The van der Waals surface area contributed by atoms with Gasteiger partial charge in [0.25, 0.3) is 0 Å². The van der Waals surface area contributed by atoms with Crippen LogP contribution in [0.2, 0.25) is 0 Å². The van der Waals surface area contributed by atoms with Crippen molar-refractivity contribution in [3.05, 3.63) is 96.6 Å². The number of benzene rings is 3. The lowest BCUT2D eigenvalue weighted by atomic mass is 10.1. The molecule has 118 valence electrons. The van der Waals surface area contributed by atoms with E-state index in [0.717, 1.165) is 16.2 Å². The van der Waals surface area contributed by atoms with Crippen LogP contribution in [0.25, 0.3) is 0 Å². The monoisotopic (exact) mass is 331 g/mol. The summed E-state index contributed by atoms with van der Waals surface area (Å²) < 4.78 is 14.4. The van der Waals surface area contributed by atoms with Crippen molar-refractivity contribution in [2.24, 2.45) is 0 Å². The Morgan fingerprint density at radius 3 is 1.58 bits per heavy atom. The summed E-state index contributed by atoms with van der Waals surface area (Å²) in [6, 6.07) is 31.0. The molecule has 0 fully saturated rings. The maximum absolute atomic E-state index is 14.4. The van der Waals surface area contributed by atoms with E-state index in [4.69, 9.17) is 0 Å². The van der Waals surface area contributed by atoms with Crippen molar-refractivity contribution in [2.75, 3.05) is 0 Å². The van der Waals surface area contributed by atoms with Gasteiger partial charge in [0.2, 0.25) is 0 Å².